The lowest BCUT2D eigenvalue weighted by Gasteiger charge is -2.36. The third kappa shape index (κ3) is 3.36. The summed E-state index contributed by atoms with van der Waals surface area (Å²) < 4.78 is 0. The van der Waals surface area contributed by atoms with E-state index in [2.05, 4.69) is 31.8 Å². The lowest BCUT2D eigenvalue weighted by Crippen LogP contribution is -2.47. The van der Waals surface area contributed by atoms with E-state index < -0.39 is 0 Å². The van der Waals surface area contributed by atoms with Crippen LogP contribution in [0.25, 0.3) is 0 Å². The van der Waals surface area contributed by atoms with E-state index in [-0.39, 0.29) is 0 Å². The maximum Gasteiger partial charge on any atom is 0.227 e. The van der Waals surface area contributed by atoms with Crippen LogP contribution in [0.4, 0.5) is 17.5 Å². The highest BCUT2D eigenvalue weighted by Crippen LogP contribution is 2.22. The van der Waals surface area contributed by atoms with E-state index in [1.807, 2.05) is 30.5 Å². The largest absolute Gasteiger partial charge is 0.368 e. The van der Waals surface area contributed by atoms with Crippen LogP contribution in [0.2, 0.25) is 0 Å². The van der Waals surface area contributed by atoms with Crippen molar-refractivity contribution < 1.29 is 0 Å². The summed E-state index contributed by atoms with van der Waals surface area (Å²) in [5.41, 5.74) is 1.83. The molecule has 0 atom stereocenters. The van der Waals surface area contributed by atoms with Crippen LogP contribution < -0.4 is 14.7 Å². The molecule has 0 radical (unpaired) electrons. The molecule has 2 aromatic rings. The Morgan fingerprint density at radius 2 is 1.64 bits per heavy atom. The molecule has 2 saturated heterocycles. The number of aromatic nitrogens is 2. The fraction of sp³-hybridized carbons (Fsp3) is 0.421. The number of anilines is 3. The quantitative estimate of drug-likeness (QED) is 0.858. The van der Waals surface area contributed by atoms with Gasteiger partial charge in [0.15, 0.2) is 0 Å². The highest BCUT2D eigenvalue weighted by atomic mass is 15.3. The number of rotatable bonds is 3. The van der Waals surface area contributed by atoms with Crippen molar-refractivity contribution in [3.63, 3.8) is 0 Å². The van der Waals surface area contributed by atoms with Crippen LogP contribution in [-0.2, 0) is 0 Å². The third-order valence-electron chi connectivity index (χ3n) is 4.96. The van der Waals surface area contributed by atoms with Gasteiger partial charge >= 0.3 is 0 Å². The van der Waals surface area contributed by atoms with Gasteiger partial charge in [-0.3, -0.25) is 0 Å². The Labute approximate surface area is 148 Å². The van der Waals surface area contributed by atoms with E-state index in [0.29, 0.717) is 5.56 Å². The topological polar surface area (TPSA) is 59.3 Å². The molecule has 0 bridgehead atoms. The zero-order valence-corrected chi connectivity index (χ0v) is 14.3. The van der Waals surface area contributed by atoms with Gasteiger partial charge in [-0.05, 0) is 37.1 Å². The second-order valence-electron chi connectivity index (χ2n) is 6.55. The summed E-state index contributed by atoms with van der Waals surface area (Å²) in [6.07, 6.45) is 4.37. The molecule has 0 spiro atoms. The summed E-state index contributed by atoms with van der Waals surface area (Å²) in [5, 5.41) is 9.07. The van der Waals surface area contributed by atoms with Crippen LogP contribution in [0.5, 0.6) is 0 Å². The van der Waals surface area contributed by atoms with E-state index >= 15 is 0 Å². The molecule has 2 aliphatic heterocycles. The molecule has 0 aliphatic carbocycles. The number of nitrogens with zero attached hydrogens (tertiary/aromatic N) is 6. The molecule has 1 aromatic heterocycles. The minimum atomic E-state index is 0.710. The van der Waals surface area contributed by atoms with E-state index in [1.165, 1.54) is 12.8 Å². The number of piperazine rings is 1. The SMILES string of the molecule is N#Cc1cccc(N2CCN(c3nccc(N4CCCC4)n3)CC2)c1. The van der Waals surface area contributed by atoms with Crippen molar-refractivity contribution in [1.29, 1.82) is 5.26 Å². The molecule has 128 valence electrons. The van der Waals surface area contributed by atoms with Gasteiger partial charge in [0.1, 0.15) is 5.82 Å². The second-order valence-corrected chi connectivity index (χ2v) is 6.55. The molecule has 3 heterocycles. The normalized spacial score (nSPS) is 17.6. The first-order valence-electron chi connectivity index (χ1n) is 8.91. The highest BCUT2D eigenvalue weighted by Gasteiger charge is 2.21. The molecular formula is C19H22N6. The van der Waals surface area contributed by atoms with Gasteiger partial charge in [0.2, 0.25) is 5.95 Å². The summed E-state index contributed by atoms with van der Waals surface area (Å²) in [6.45, 7) is 5.79. The Bertz CT molecular complexity index is 769. The van der Waals surface area contributed by atoms with Crippen molar-refractivity contribution in [3.8, 4) is 6.07 Å². The molecular weight excluding hydrogens is 312 g/mol. The Morgan fingerprint density at radius 1 is 0.880 bits per heavy atom. The van der Waals surface area contributed by atoms with Crippen LogP contribution >= 0.6 is 0 Å². The van der Waals surface area contributed by atoms with Gasteiger partial charge in [0.25, 0.3) is 0 Å². The van der Waals surface area contributed by atoms with E-state index in [4.69, 9.17) is 10.2 Å². The molecule has 6 heteroatoms. The van der Waals surface area contributed by atoms with Gasteiger partial charge in [-0.15, -0.1) is 0 Å². The van der Waals surface area contributed by atoms with E-state index in [1.54, 1.807) is 0 Å². The number of hydrogen-bond acceptors (Lipinski definition) is 6. The maximum atomic E-state index is 9.07. The molecule has 2 aliphatic rings. The first kappa shape index (κ1) is 15.7. The van der Waals surface area contributed by atoms with Crippen molar-refractivity contribution in [2.24, 2.45) is 0 Å². The average Bonchev–Trinajstić information content (AvgIpc) is 3.23. The minimum absolute atomic E-state index is 0.710. The zero-order chi connectivity index (χ0) is 17.1. The van der Waals surface area contributed by atoms with Crippen molar-refractivity contribution in [3.05, 3.63) is 42.1 Å². The highest BCUT2D eigenvalue weighted by molar-refractivity contribution is 5.53. The smallest absolute Gasteiger partial charge is 0.227 e. The summed E-state index contributed by atoms with van der Waals surface area (Å²) in [4.78, 5) is 16.2. The third-order valence-corrected chi connectivity index (χ3v) is 4.96. The van der Waals surface area contributed by atoms with Crippen molar-refractivity contribution in [2.75, 3.05) is 54.0 Å². The van der Waals surface area contributed by atoms with Gasteiger partial charge in [0, 0.05) is 51.2 Å². The first-order valence-corrected chi connectivity index (χ1v) is 8.91. The molecule has 0 unspecified atom stereocenters. The van der Waals surface area contributed by atoms with Crippen LogP contribution in [-0.4, -0.2) is 49.2 Å². The fourth-order valence-electron chi connectivity index (χ4n) is 3.55. The maximum absolute atomic E-state index is 9.07. The summed E-state index contributed by atoms with van der Waals surface area (Å²) in [7, 11) is 0. The molecule has 1 aromatic carbocycles. The fourth-order valence-corrected chi connectivity index (χ4v) is 3.55. The summed E-state index contributed by atoms with van der Waals surface area (Å²) in [5.74, 6) is 1.88. The second kappa shape index (κ2) is 6.98. The molecule has 2 fully saturated rings. The molecule has 0 amide bonds. The van der Waals surface area contributed by atoms with Gasteiger partial charge in [0.05, 0.1) is 11.6 Å². The Balaban J connectivity index is 1.43. The van der Waals surface area contributed by atoms with Gasteiger partial charge in [-0.1, -0.05) is 6.07 Å². The van der Waals surface area contributed by atoms with E-state index in [9.17, 15) is 0 Å². The predicted octanol–water partition coefficient (Wildman–Crippen LogP) is 2.28. The standard InChI is InChI=1S/C19H22N6/c20-15-16-4-3-5-17(14-16)23-10-12-25(13-11-23)19-21-7-6-18(22-19)24-8-1-2-9-24/h3-7,14H,1-2,8-13H2. The monoisotopic (exact) mass is 334 g/mol. The van der Waals surface area contributed by atoms with Crippen molar-refractivity contribution >= 4 is 17.5 Å². The van der Waals surface area contributed by atoms with Crippen LogP contribution in [0.1, 0.15) is 18.4 Å². The van der Waals surface area contributed by atoms with Gasteiger partial charge in [-0.25, -0.2) is 4.98 Å². The molecule has 25 heavy (non-hydrogen) atoms. The van der Waals surface area contributed by atoms with Crippen LogP contribution in [0.15, 0.2) is 36.5 Å². The Hall–Kier alpha value is -2.81. The molecule has 0 saturated carbocycles. The number of benzene rings is 1. The molecule has 0 N–H and O–H groups in total. The lowest BCUT2D eigenvalue weighted by molar-refractivity contribution is 0.639. The summed E-state index contributed by atoms with van der Waals surface area (Å²) in [6, 6.07) is 12.0. The number of hydrogen-bond donors (Lipinski definition) is 0. The summed E-state index contributed by atoms with van der Waals surface area (Å²) >= 11 is 0. The van der Waals surface area contributed by atoms with Crippen molar-refractivity contribution in [2.45, 2.75) is 12.8 Å². The van der Waals surface area contributed by atoms with Crippen LogP contribution in [0.3, 0.4) is 0 Å². The first-order chi connectivity index (χ1) is 12.3. The van der Waals surface area contributed by atoms with Crippen LogP contribution in [0, 0.1) is 11.3 Å². The zero-order valence-electron chi connectivity index (χ0n) is 14.3. The minimum Gasteiger partial charge on any atom is -0.368 e. The van der Waals surface area contributed by atoms with Gasteiger partial charge < -0.3 is 14.7 Å². The molecule has 6 nitrogen and oxygen atoms in total. The lowest BCUT2D eigenvalue weighted by atomic mass is 10.2. The Morgan fingerprint density at radius 3 is 2.40 bits per heavy atom. The molecule has 4 rings (SSSR count). The van der Waals surface area contributed by atoms with Crippen molar-refractivity contribution in [1.82, 2.24) is 9.97 Å². The number of nitriles is 1. The average molecular weight is 334 g/mol. The van der Waals surface area contributed by atoms with E-state index in [0.717, 1.165) is 56.7 Å². The Kier molecular flexibility index (Phi) is 4.38. The van der Waals surface area contributed by atoms with Gasteiger partial charge in [-0.2, -0.15) is 10.2 Å². The predicted molar refractivity (Wildman–Crippen MR) is 99.1 cm³/mol.